The summed E-state index contributed by atoms with van der Waals surface area (Å²) in [6.07, 6.45) is 2.24. The lowest BCUT2D eigenvalue weighted by molar-refractivity contribution is -0.140. The molecular formula is C11H21FO2S. The van der Waals surface area contributed by atoms with Gasteiger partial charge in [-0.15, -0.1) is 11.8 Å². The van der Waals surface area contributed by atoms with Crippen molar-refractivity contribution < 1.29 is 13.9 Å². The summed E-state index contributed by atoms with van der Waals surface area (Å²) in [6, 6.07) is 0. The lowest BCUT2D eigenvalue weighted by Crippen LogP contribution is -2.21. The van der Waals surface area contributed by atoms with Crippen molar-refractivity contribution in [2.45, 2.75) is 38.4 Å². The molecule has 0 heterocycles. The van der Waals surface area contributed by atoms with Crippen molar-refractivity contribution >= 4 is 17.7 Å². The highest BCUT2D eigenvalue weighted by atomic mass is 32.2. The SMILES string of the molecule is COC(=O)C(CC(C)C)SCCCCF. The third-order valence-electron chi connectivity index (χ3n) is 2.00. The third-order valence-corrected chi connectivity index (χ3v) is 3.31. The first kappa shape index (κ1) is 14.8. The highest BCUT2D eigenvalue weighted by Crippen LogP contribution is 2.21. The van der Waals surface area contributed by atoms with Gasteiger partial charge in [-0.2, -0.15) is 0 Å². The van der Waals surface area contributed by atoms with Gasteiger partial charge < -0.3 is 4.74 Å². The summed E-state index contributed by atoms with van der Waals surface area (Å²) < 4.78 is 16.6. The van der Waals surface area contributed by atoms with Crippen LogP contribution in [0.5, 0.6) is 0 Å². The standard InChI is InChI=1S/C11H21FO2S/c1-9(2)8-10(11(13)14-3)15-7-5-4-6-12/h9-10H,4-8H2,1-3H3. The first-order valence-electron chi connectivity index (χ1n) is 5.37. The highest BCUT2D eigenvalue weighted by Gasteiger charge is 2.20. The number of esters is 1. The topological polar surface area (TPSA) is 26.3 Å². The molecule has 0 saturated heterocycles. The summed E-state index contributed by atoms with van der Waals surface area (Å²) in [5.74, 6) is 1.15. The van der Waals surface area contributed by atoms with E-state index < -0.39 is 0 Å². The molecule has 0 rings (SSSR count). The van der Waals surface area contributed by atoms with E-state index in [9.17, 15) is 9.18 Å². The molecule has 90 valence electrons. The molecule has 0 aromatic carbocycles. The Morgan fingerprint density at radius 2 is 2.07 bits per heavy atom. The van der Waals surface area contributed by atoms with Crippen molar-refractivity contribution in [3.8, 4) is 0 Å². The lowest BCUT2D eigenvalue weighted by Gasteiger charge is -2.15. The summed E-state index contributed by atoms with van der Waals surface area (Å²) in [5.41, 5.74) is 0. The van der Waals surface area contributed by atoms with E-state index in [1.54, 1.807) is 11.8 Å². The predicted octanol–water partition coefficient (Wildman–Crippen LogP) is 3.06. The maximum absolute atomic E-state index is 11.9. The zero-order valence-electron chi connectivity index (χ0n) is 9.79. The fourth-order valence-corrected chi connectivity index (χ4v) is 2.62. The maximum atomic E-state index is 11.9. The first-order valence-corrected chi connectivity index (χ1v) is 6.42. The number of thioether (sulfide) groups is 1. The number of hydrogen-bond donors (Lipinski definition) is 0. The smallest absolute Gasteiger partial charge is 0.318 e. The van der Waals surface area contributed by atoms with Crippen LogP contribution in [-0.4, -0.2) is 30.8 Å². The number of halogens is 1. The minimum Gasteiger partial charge on any atom is -0.468 e. The molecule has 0 bridgehead atoms. The van der Waals surface area contributed by atoms with Gasteiger partial charge in [-0.05, 0) is 30.9 Å². The fourth-order valence-electron chi connectivity index (χ4n) is 1.21. The Hall–Kier alpha value is -0.250. The van der Waals surface area contributed by atoms with Gasteiger partial charge in [-0.1, -0.05) is 13.8 Å². The van der Waals surface area contributed by atoms with Crippen LogP contribution in [0.2, 0.25) is 0 Å². The molecule has 0 radical (unpaired) electrons. The lowest BCUT2D eigenvalue weighted by atomic mass is 10.1. The Bertz CT molecular complexity index is 174. The van der Waals surface area contributed by atoms with Crippen LogP contribution < -0.4 is 0 Å². The molecule has 0 aliphatic carbocycles. The summed E-state index contributed by atoms with van der Waals surface area (Å²) in [5, 5.41) is -0.0883. The van der Waals surface area contributed by atoms with Crippen LogP contribution in [-0.2, 0) is 9.53 Å². The van der Waals surface area contributed by atoms with Gasteiger partial charge in [0, 0.05) is 0 Å². The average molecular weight is 236 g/mol. The third kappa shape index (κ3) is 7.65. The van der Waals surface area contributed by atoms with Gasteiger partial charge in [0.15, 0.2) is 0 Å². The molecule has 4 heteroatoms. The van der Waals surface area contributed by atoms with Gasteiger partial charge in [0.2, 0.25) is 0 Å². The van der Waals surface area contributed by atoms with Crippen molar-refractivity contribution in [3.63, 3.8) is 0 Å². The van der Waals surface area contributed by atoms with Crippen molar-refractivity contribution in [1.29, 1.82) is 0 Å². The predicted molar refractivity (Wildman–Crippen MR) is 62.9 cm³/mol. The largest absolute Gasteiger partial charge is 0.468 e. The second-order valence-corrected chi connectivity index (χ2v) is 5.22. The number of ether oxygens (including phenoxy) is 1. The Balaban J connectivity index is 3.85. The van der Waals surface area contributed by atoms with Crippen LogP contribution >= 0.6 is 11.8 Å². The van der Waals surface area contributed by atoms with E-state index in [-0.39, 0.29) is 17.9 Å². The zero-order valence-corrected chi connectivity index (χ0v) is 10.6. The Labute approximate surface area is 96.0 Å². The van der Waals surface area contributed by atoms with Crippen LogP contribution in [0.1, 0.15) is 33.1 Å². The molecule has 15 heavy (non-hydrogen) atoms. The quantitative estimate of drug-likeness (QED) is 0.478. The molecule has 2 nitrogen and oxygen atoms in total. The van der Waals surface area contributed by atoms with Gasteiger partial charge in [0.1, 0.15) is 5.25 Å². The molecular weight excluding hydrogens is 215 g/mol. The van der Waals surface area contributed by atoms with Crippen molar-refractivity contribution in [3.05, 3.63) is 0 Å². The summed E-state index contributed by atoms with van der Waals surface area (Å²) in [6.45, 7) is 3.89. The van der Waals surface area contributed by atoms with E-state index in [0.717, 1.165) is 18.6 Å². The Morgan fingerprint density at radius 3 is 2.53 bits per heavy atom. The number of carbonyl (C=O) groups is 1. The van der Waals surface area contributed by atoms with Crippen LogP contribution in [0.15, 0.2) is 0 Å². The second-order valence-electron chi connectivity index (χ2n) is 3.91. The van der Waals surface area contributed by atoms with Gasteiger partial charge in [0.25, 0.3) is 0 Å². The van der Waals surface area contributed by atoms with E-state index in [1.165, 1.54) is 7.11 Å². The van der Waals surface area contributed by atoms with E-state index in [0.29, 0.717) is 12.3 Å². The van der Waals surface area contributed by atoms with Gasteiger partial charge in [0.05, 0.1) is 13.8 Å². The van der Waals surface area contributed by atoms with E-state index in [2.05, 4.69) is 13.8 Å². The summed E-state index contributed by atoms with van der Waals surface area (Å²) in [4.78, 5) is 11.4. The van der Waals surface area contributed by atoms with Crippen LogP contribution in [0.25, 0.3) is 0 Å². The van der Waals surface area contributed by atoms with Crippen LogP contribution in [0, 0.1) is 5.92 Å². The van der Waals surface area contributed by atoms with E-state index >= 15 is 0 Å². The Morgan fingerprint density at radius 1 is 1.40 bits per heavy atom. The number of alkyl halides is 1. The molecule has 0 aliphatic heterocycles. The minimum atomic E-state index is -0.270. The van der Waals surface area contributed by atoms with Gasteiger partial charge in [-0.25, -0.2) is 0 Å². The van der Waals surface area contributed by atoms with E-state index in [1.807, 2.05) is 0 Å². The molecule has 0 fully saturated rings. The molecule has 0 amide bonds. The molecule has 1 unspecified atom stereocenters. The molecule has 0 aromatic heterocycles. The molecule has 1 atom stereocenters. The number of rotatable bonds is 8. The number of methoxy groups -OCH3 is 1. The van der Waals surface area contributed by atoms with Crippen LogP contribution in [0.4, 0.5) is 4.39 Å². The second kappa shape index (κ2) is 9.01. The normalized spacial score (nSPS) is 12.9. The monoisotopic (exact) mass is 236 g/mol. The maximum Gasteiger partial charge on any atom is 0.318 e. The molecule has 0 spiro atoms. The molecule has 0 saturated carbocycles. The van der Waals surface area contributed by atoms with Gasteiger partial charge >= 0.3 is 5.97 Å². The number of hydrogen-bond acceptors (Lipinski definition) is 3. The van der Waals surface area contributed by atoms with Crippen molar-refractivity contribution in [1.82, 2.24) is 0 Å². The van der Waals surface area contributed by atoms with E-state index in [4.69, 9.17) is 4.74 Å². The number of carbonyl (C=O) groups excluding carboxylic acids is 1. The highest BCUT2D eigenvalue weighted by molar-refractivity contribution is 8.00. The molecule has 0 N–H and O–H groups in total. The molecule has 0 aromatic rings. The summed E-state index contributed by atoms with van der Waals surface area (Å²) >= 11 is 1.58. The Kier molecular flexibility index (Phi) is 8.86. The van der Waals surface area contributed by atoms with Crippen LogP contribution in [0.3, 0.4) is 0 Å². The van der Waals surface area contributed by atoms with Crippen molar-refractivity contribution in [2.24, 2.45) is 5.92 Å². The summed E-state index contributed by atoms with van der Waals surface area (Å²) in [7, 11) is 1.41. The van der Waals surface area contributed by atoms with Gasteiger partial charge in [-0.3, -0.25) is 9.18 Å². The zero-order chi connectivity index (χ0) is 11.7. The average Bonchev–Trinajstić information content (AvgIpc) is 2.21. The first-order chi connectivity index (χ1) is 7.11. The van der Waals surface area contributed by atoms with Crippen molar-refractivity contribution in [2.75, 3.05) is 19.5 Å². The minimum absolute atomic E-state index is 0.0883. The molecule has 0 aliphatic rings. The fraction of sp³-hybridized carbons (Fsp3) is 0.909. The number of unbranched alkanes of at least 4 members (excludes halogenated alkanes) is 1.